The second-order valence-corrected chi connectivity index (χ2v) is 11.2. The number of rotatable bonds is 5. The van der Waals surface area contributed by atoms with Crippen LogP contribution < -0.4 is 0 Å². The molecule has 1 spiro atoms. The predicted molar refractivity (Wildman–Crippen MR) is 137 cm³/mol. The molecule has 2 fully saturated rings. The summed E-state index contributed by atoms with van der Waals surface area (Å²) >= 11 is 0. The average molecular weight is 511 g/mol. The summed E-state index contributed by atoms with van der Waals surface area (Å²) in [5.74, 6) is -1.76. The summed E-state index contributed by atoms with van der Waals surface area (Å²) in [4.78, 5) is 26.1. The van der Waals surface area contributed by atoms with Gasteiger partial charge in [-0.25, -0.2) is 9.59 Å². The summed E-state index contributed by atoms with van der Waals surface area (Å²) in [6, 6.07) is 0. The van der Waals surface area contributed by atoms with Crippen molar-refractivity contribution in [3.8, 4) is 0 Å². The zero-order chi connectivity index (χ0) is 26.5. The van der Waals surface area contributed by atoms with E-state index in [1.54, 1.807) is 12.2 Å². The van der Waals surface area contributed by atoms with Crippen LogP contribution in [0.4, 0.5) is 0 Å². The molecule has 0 aromatic carbocycles. The number of aliphatic hydroxyl groups excluding tert-OH is 1. The lowest BCUT2D eigenvalue weighted by Gasteiger charge is -2.48. The summed E-state index contributed by atoms with van der Waals surface area (Å²) in [5.41, 5.74) is 0.749. The molecule has 1 saturated heterocycles. The van der Waals surface area contributed by atoms with E-state index in [1.165, 1.54) is 7.11 Å². The molecule has 0 amide bonds. The van der Waals surface area contributed by atoms with Gasteiger partial charge in [-0.05, 0) is 25.3 Å². The van der Waals surface area contributed by atoms with Gasteiger partial charge in [0.15, 0.2) is 6.10 Å². The molecule has 37 heavy (non-hydrogen) atoms. The zero-order valence-electron chi connectivity index (χ0n) is 22.0. The lowest BCUT2D eigenvalue weighted by Crippen LogP contribution is -2.57. The molecule has 0 aromatic rings. The van der Waals surface area contributed by atoms with Crippen molar-refractivity contribution in [1.82, 2.24) is 0 Å². The summed E-state index contributed by atoms with van der Waals surface area (Å²) in [6.07, 6.45) is 12.1. The van der Waals surface area contributed by atoms with Crippen LogP contribution in [0.5, 0.6) is 0 Å². The van der Waals surface area contributed by atoms with Crippen LogP contribution in [0.3, 0.4) is 0 Å². The third kappa shape index (κ3) is 4.16. The molecule has 5 aliphatic rings. The standard InChI is InChI=1S/C30H38O7/c1-6-9-22-16(2)14-17(3)30-20(15-23(34-5)29(33)35-22)12-13-21-24(30)25(31)18(4)26(27(21)37-30)36-28(32)19-10-7-8-11-19/h6-8,10,12-14,16,18,20-27,31H,1,9,11,15H2,2-5H3/b17-14+/t16-,18-,20-,21-,22+,23+,24+,25-,26-,27-,30+/m1/s1. The first-order valence-corrected chi connectivity index (χ1v) is 13.4. The van der Waals surface area contributed by atoms with Crippen LogP contribution in [-0.4, -0.2) is 60.3 Å². The molecule has 7 heteroatoms. The summed E-state index contributed by atoms with van der Waals surface area (Å²) in [7, 11) is 1.52. The Kier molecular flexibility index (Phi) is 7.07. The first-order valence-electron chi connectivity index (χ1n) is 13.4. The van der Waals surface area contributed by atoms with Crippen molar-refractivity contribution in [2.45, 2.75) is 76.2 Å². The van der Waals surface area contributed by atoms with Crippen LogP contribution in [-0.2, 0) is 28.5 Å². The monoisotopic (exact) mass is 510 g/mol. The molecule has 4 bridgehead atoms. The molecule has 11 atom stereocenters. The van der Waals surface area contributed by atoms with E-state index < -0.39 is 36.0 Å². The molecule has 7 nitrogen and oxygen atoms in total. The quantitative estimate of drug-likeness (QED) is 0.444. The maximum Gasteiger partial charge on any atom is 0.335 e. The fourth-order valence-corrected chi connectivity index (χ4v) is 7.21. The number of hydrogen-bond donors (Lipinski definition) is 1. The Morgan fingerprint density at radius 1 is 1.32 bits per heavy atom. The van der Waals surface area contributed by atoms with Gasteiger partial charge in [0.05, 0.1) is 6.10 Å². The van der Waals surface area contributed by atoms with E-state index in [0.29, 0.717) is 24.8 Å². The van der Waals surface area contributed by atoms with Crippen LogP contribution in [0, 0.1) is 29.6 Å². The maximum atomic E-state index is 13.1. The third-order valence-corrected chi connectivity index (χ3v) is 9.16. The normalized spacial score (nSPS) is 45.8. The Hall–Kier alpha value is -2.48. The first-order chi connectivity index (χ1) is 17.7. The van der Waals surface area contributed by atoms with Crippen molar-refractivity contribution in [1.29, 1.82) is 0 Å². The van der Waals surface area contributed by atoms with E-state index >= 15 is 0 Å². The molecule has 3 aliphatic carbocycles. The van der Waals surface area contributed by atoms with Gasteiger partial charge in [0, 0.05) is 48.7 Å². The lowest BCUT2D eigenvalue weighted by atomic mass is 9.57. The fraction of sp³-hybridized carbons (Fsp3) is 0.600. The van der Waals surface area contributed by atoms with Crippen molar-refractivity contribution < 1.29 is 33.6 Å². The van der Waals surface area contributed by atoms with E-state index in [0.717, 1.165) is 5.57 Å². The summed E-state index contributed by atoms with van der Waals surface area (Å²) in [5, 5.41) is 11.7. The van der Waals surface area contributed by atoms with Gasteiger partial charge in [-0.1, -0.05) is 56.4 Å². The van der Waals surface area contributed by atoms with Gasteiger partial charge in [0.2, 0.25) is 0 Å². The first kappa shape index (κ1) is 26.1. The number of cyclic esters (lactones) is 1. The van der Waals surface area contributed by atoms with Crippen molar-refractivity contribution in [3.63, 3.8) is 0 Å². The van der Waals surface area contributed by atoms with Gasteiger partial charge in [0.25, 0.3) is 0 Å². The van der Waals surface area contributed by atoms with Gasteiger partial charge < -0.3 is 24.1 Å². The predicted octanol–water partition coefficient (Wildman–Crippen LogP) is 3.84. The minimum atomic E-state index is -0.853. The molecule has 2 aliphatic heterocycles. The van der Waals surface area contributed by atoms with Crippen LogP contribution >= 0.6 is 0 Å². The zero-order valence-corrected chi connectivity index (χ0v) is 22.0. The molecule has 1 N–H and O–H groups in total. The number of aliphatic hydroxyl groups is 1. The van der Waals surface area contributed by atoms with Crippen LogP contribution in [0.1, 0.15) is 40.0 Å². The molecular weight excluding hydrogens is 472 g/mol. The number of methoxy groups -OCH3 is 1. The largest absolute Gasteiger partial charge is 0.460 e. The number of carbonyl (C=O) groups excluding carboxylic acids is 2. The fourth-order valence-electron chi connectivity index (χ4n) is 7.21. The summed E-state index contributed by atoms with van der Waals surface area (Å²) in [6.45, 7) is 9.83. The molecule has 200 valence electrons. The van der Waals surface area contributed by atoms with Crippen molar-refractivity contribution in [2.24, 2.45) is 29.6 Å². The molecular formula is C30H38O7. The van der Waals surface area contributed by atoms with Crippen LogP contribution in [0.25, 0.3) is 0 Å². The number of allylic oxidation sites excluding steroid dienone is 3. The minimum absolute atomic E-state index is 0.106. The van der Waals surface area contributed by atoms with E-state index in [2.05, 4.69) is 24.8 Å². The molecule has 1 saturated carbocycles. The van der Waals surface area contributed by atoms with Crippen molar-refractivity contribution in [3.05, 3.63) is 60.3 Å². The van der Waals surface area contributed by atoms with E-state index in [9.17, 15) is 14.7 Å². The van der Waals surface area contributed by atoms with Gasteiger partial charge in [0.1, 0.15) is 23.9 Å². The second-order valence-electron chi connectivity index (χ2n) is 11.2. The third-order valence-electron chi connectivity index (χ3n) is 9.16. The topological polar surface area (TPSA) is 91.3 Å². The molecule has 0 unspecified atom stereocenters. The van der Waals surface area contributed by atoms with E-state index in [4.69, 9.17) is 18.9 Å². The minimum Gasteiger partial charge on any atom is -0.460 e. The lowest BCUT2D eigenvalue weighted by molar-refractivity contribution is -0.168. The van der Waals surface area contributed by atoms with Gasteiger partial charge in [-0.3, -0.25) is 0 Å². The average Bonchev–Trinajstić information content (AvgIpc) is 3.47. The van der Waals surface area contributed by atoms with E-state index in [1.807, 2.05) is 32.9 Å². The van der Waals surface area contributed by atoms with Gasteiger partial charge >= 0.3 is 11.9 Å². The highest BCUT2D eigenvalue weighted by Crippen LogP contribution is 2.61. The van der Waals surface area contributed by atoms with Crippen molar-refractivity contribution >= 4 is 11.9 Å². The maximum absolute atomic E-state index is 13.1. The molecule has 0 aromatic heterocycles. The SMILES string of the molecule is C=CC[C@@H]1OC(=O)[C@@H](OC)C[C@H]2C=C[C@H]3[C@H]4O[C@]2(/C(C)=C/[C@H]1C)[C@@H]3[C@H](O)[C@@H](C)[C@H]4OC(=O)C1=CC=CC1. The van der Waals surface area contributed by atoms with Crippen LogP contribution in [0.2, 0.25) is 0 Å². The number of carbonyl (C=O) groups is 2. The van der Waals surface area contributed by atoms with E-state index in [-0.39, 0.29) is 41.7 Å². The highest BCUT2D eigenvalue weighted by molar-refractivity contribution is 5.90. The van der Waals surface area contributed by atoms with Gasteiger partial charge in [-0.15, -0.1) is 6.58 Å². The van der Waals surface area contributed by atoms with Crippen molar-refractivity contribution in [2.75, 3.05) is 7.11 Å². The van der Waals surface area contributed by atoms with Crippen LogP contribution in [0.15, 0.2) is 60.3 Å². The Morgan fingerprint density at radius 3 is 2.78 bits per heavy atom. The number of hydrogen-bond acceptors (Lipinski definition) is 7. The number of ether oxygens (including phenoxy) is 4. The molecule has 5 rings (SSSR count). The highest BCUT2D eigenvalue weighted by atomic mass is 16.6. The molecule has 0 radical (unpaired) electrons. The number of esters is 2. The smallest absolute Gasteiger partial charge is 0.335 e. The Labute approximate surface area is 218 Å². The Morgan fingerprint density at radius 2 is 2.11 bits per heavy atom. The Balaban J connectivity index is 1.56. The molecule has 2 heterocycles. The Bertz CT molecular complexity index is 1070. The summed E-state index contributed by atoms with van der Waals surface area (Å²) < 4.78 is 24.5. The highest BCUT2D eigenvalue weighted by Gasteiger charge is 2.69. The second kappa shape index (κ2) is 10.0. The van der Waals surface area contributed by atoms with Gasteiger partial charge in [-0.2, -0.15) is 0 Å².